The average Bonchev–Trinajstić information content (AvgIpc) is 3.14. The topological polar surface area (TPSA) is 65.2 Å². The van der Waals surface area contributed by atoms with Crippen molar-refractivity contribution in [1.82, 2.24) is 10.2 Å². The molecule has 1 heterocycles. The molecule has 29 heavy (non-hydrogen) atoms. The molecule has 0 aliphatic carbocycles. The van der Waals surface area contributed by atoms with Gasteiger partial charge < -0.3 is 9.15 Å². The molecular weight excluding hydrogens is 384 g/mol. The Morgan fingerprint density at radius 3 is 2.31 bits per heavy atom. The lowest BCUT2D eigenvalue weighted by Crippen LogP contribution is -2.15. The summed E-state index contributed by atoms with van der Waals surface area (Å²) in [5.41, 5.74) is 3.01. The van der Waals surface area contributed by atoms with Gasteiger partial charge in [0.2, 0.25) is 5.89 Å². The van der Waals surface area contributed by atoms with Crippen LogP contribution in [0.2, 0.25) is 0 Å². The van der Waals surface area contributed by atoms with Gasteiger partial charge in [-0.1, -0.05) is 68.9 Å². The molecule has 0 radical (unpaired) electrons. The molecular formula is C23H26N2O3S. The van der Waals surface area contributed by atoms with Crippen LogP contribution < -0.4 is 4.74 Å². The number of rotatable bonds is 7. The summed E-state index contributed by atoms with van der Waals surface area (Å²) in [7, 11) is 1.64. The standard InChI is InChI=1S/C23H26N2O3S/c1-15(21(26)17-8-10-18(11-9-17)23(2,3)4)29-22-25-24-20(28-22)14-16-6-12-19(27-5)13-7-16/h6-13,15H,14H2,1-5H3. The van der Waals surface area contributed by atoms with Crippen LogP contribution in [0, 0.1) is 0 Å². The number of Topliss-reactive ketones (excluding diaryl/α,β-unsaturated/α-hetero) is 1. The minimum atomic E-state index is -0.315. The average molecular weight is 411 g/mol. The first-order chi connectivity index (χ1) is 13.8. The van der Waals surface area contributed by atoms with Gasteiger partial charge in [-0.05, 0) is 35.6 Å². The molecule has 0 aliphatic rings. The maximum Gasteiger partial charge on any atom is 0.277 e. The summed E-state index contributed by atoms with van der Waals surface area (Å²) in [5.74, 6) is 1.37. The third kappa shape index (κ3) is 5.48. The van der Waals surface area contributed by atoms with Crippen molar-refractivity contribution in [1.29, 1.82) is 0 Å². The summed E-state index contributed by atoms with van der Waals surface area (Å²) in [6, 6.07) is 15.5. The normalized spacial score (nSPS) is 12.6. The fraction of sp³-hybridized carbons (Fsp3) is 0.348. The summed E-state index contributed by atoms with van der Waals surface area (Å²) in [4.78, 5) is 12.7. The van der Waals surface area contributed by atoms with Gasteiger partial charge >= 0.3 is 0 Å². The number of carbonyl (C=O) groups is 1. The smallest absolute Gasteiger partial charge is 0.277 e. The monoisotopic (exact) mass is 410 g/mol. The molecule has 0 amide bonds. The third-order valence-electron chi connectivity index (χ3n) is 4.64. The molecule has 0 aliphatic heterocycles. The molecule has 1 atom stereocenters. The molecule has 3 rings (SSSR count). The van der Waals surface area contributed by atoms with E-state index in [9.17, 15) is 4.79 Å². The SMILES string of the molecule is COc1ccc(Cc2nnc(SC(C)C(=O)c3ccc(C(C)(C)C)cc3)o2)cc1. The van der Waals surface area contributed by atoms with Gasteiger partial charge in [-0.3, -0.25) is 4.79 Å². The van der Waals surface area contributed by atoms with Crippen LogP contribution >= 0.6 is 11.8 Å². The molecule has 0 bridgehead atoms. The number of hydrogen-bond donors (Lipinski definition) is 0. The van der Waals surface area contributed by atoms with E-state index in [2.05, 4.69) is 31.0 Å². The molecule has 0 saturated heterocycles. The number of methoxy groups -OCH3 is 1. The fourth-order valence-electron chi connectivity index (χ4n) is 2.85. The number of benzene rings is 2. The van der Waals surface area contributed by atoms with Crippen LogP contribution in [0.4, 0.5) is 0 Å². The highest BCUT2D eigenvalue weighted by Crippen LogP contribution is 2.27. The molecule has 0 fully saturated rings. The molecule has 5 nitrogen and oxygen atoms in total. The van der Waals surface area contributed by atoms with E-state index >= 15 is 0 Å². The molecule has 0 spiro atoms. The predicted molar refractivity (Wildman–Crippen MR) is 115 cm³/mol. The molecule has 1 aromatic heterocycles. The second-order valence-electron chi connectivity index (χ2n) is 7.94. The number of ketones is 1. The van der Waals surface area contributed by atoms with E-state index < -0.39 is 0 Å². The predicted octanol–water partition coefficient (Wildman–Crippen LogP) is 5.33. The Bertz CT molecular complexity index is 957. The van der Waals surface area contributed by atoms with Crippen LogP contribution in [-0.4, -0.2) is 28.3 Å². The van der Waals surface area contributed by atoms with Gasteiger partial charge in [0.15, 0.2) is 5.78 Å². The summed E-state index contributed by atoms with van der Waals surface area (Å²) in [5, 5.41) is 8.26. The second kappa shape index (κ2) is 8.82. The first-order valence-electron chi connectivity index (χ1n) is 9.53. The lowest BCUT2D eigenvalue weighted by molar-refractivity contribution is 0.0993. The van der Waals surface area contributed by atoms with Crippen LogP contribution in [0.5, 0.6) is 5.75 Å². The Kier molecular flexibility index (Phi) is 6.42. The van der Waals surface area contributed by atoms with Crippen molar-refractivity contribution in [2.24, 2.45) is 0 Å². The van der Waals surface area contributed by atoms with Crippen molar-refractivity contribution in [3.05, 3.63) is 71.1 Å². The van der Waals surface area contributed by atoms with Gasteiger partial charge in [-0.2, -0.15) is 0 Å². The number of ether oxygens (including phenoxy) is 1. The lowest BCUT2D eigenvalue weighted by Gasteiger charge is -2.19. The zero-order chi connectivity index (χ0) is 21.0. The maximum atomic E-state index is 12.7. The summed E-state index contributed by atoms with van der Waals surface area (Å²) >= 11 is 1.28. The summed E-state index contributed by atoms with van der Waals surface area (Å²) in [6.45, 7) is 8.32. The van der Waals surface area contributed by atoms with Crippen molar-refractivity contribution < 1.29 is 13.9 Å². The van der Waals surface area contributed by atoms with Crippen molar-refractivity contribution >= 4 is 17.5 Å². The van der Waals surface area contributed by atoms with Crippen LogP contribution in [0.3, 0.4) is 0 Å². The number of thioether (sulfide) groups is 1. The highest BCUT2D eigenvalue weighted by atomic mass is 32.2. The van der Waals surface area contributed by atoms with E-state index in [1.807, 2.05) is 55.5 Å². The van der Waals surface area contributed by atoms with E-state index in [4.69, 9.17) is 9.15 Å². The van der Waals surface area contributed by atoms with E-state index in [0.29, 0.717) is 23.1 Å². The van der Waals surface area contributed by atoms with E-state index in [1.165, 1.54) is 17.3 Å². The van der Waals surface area contributed by atoms with E-state index in [-0.39, 0.29) is 16.4 Å². The minimum Gasteiger partial charge on any atom is -0.497 e. The zero-order valence-electron chi connectivity index (χ0n) is 17.4. The van der Waals surface area contributed by atoms with Gasteiger partial charge in [0.1, 0.15) is 5.75 Å². The molecule has 2 aromatic carbocycles. The van der Waals surface area contributed by atoms with Crippen molar-refractivity contribution in [2.75, 3.05) is 7.11 Å². The molecule has 0 saturated carbocycles. The van der Waals surface area contributed by atoms with Crippen molar-refractivity contribution in [3.8, 4) is 5.75 Å². The maximum absolute atomic E-state index is 12.7. The molecule has 152 valence electrons. The Balaban J connectivity index is 1.61. The van der Waals surface area contributed by atoms with Crippen LogP contribution in [-0.2, 0) is 11.8 Å². The van der Waals surface area contributed by atoms with Gasteiger partial charge in [0.05, 0.1) is 18.8 Å². The Labute approximate surface area is 175 Å². The molecule has 6 heteroatoms. The third-order valence-corrected chi connectivity index (χ3v) is 5.58. The number of aromatic nitrogens is 2. The summed E-state index contributed by atoms with van der Waals surface area (Å²) < 4.78 is 10.9. The first kappa shape index (κ1) is 21.1. The van der Waals surface area contributed by atoms with Crippen molar-refractivity contribution in [3.63, 3.8) is 0 Å². The minimum absolute atomic E-state index is 0.0466. The number of carbonyl (C=O) groups excluding carboxylic acids is 1. The zero-order valence-corrected chi connectivity index (χ0v) is 18.2. The highest BCUT2D eigenvalue weighted by Gasteiger charge is 2.21. The van der Waals surface area contributed by atoms with Gasteiger partial charge in [0.25, 0.3) is 5.22 Å². The molecule has 1 unspecified atom stereocenters. The Morgan fingerprint density at radius 1 is 1.07 bits per heavy atom. The molecule has 0 N–H and O–H groups in total. The van der Waals surface area contributed by atoms with Crippen LogP contribution in [0.25, 0.3) is 0 Å². The number of hydrogen-bond acceptors (Lipinski definition) is 6. The fourth-order valence-corrected chi connectivity index (χ4v) is 3.63. The van der Waals surface area contributed by atoms with Gasteiger partial charge in [0, 0.05) is 5.56 Å². The van der Waals surface area contributed by atoms with E-state index in [0.717, 1.165) is 11.3 Å². The second-order valence-corrected chi connectivity index (χ2v) is 9.23. The van der Waals surface area contributed by atoms with Gasteiger partial charge in [-0.25, -0.2) is 0 Å². The highest BCUT2D eigenvalue weighted by molar-refractivity contribution is 8.00. The van der Waals surface area contributed by atoms with Crippen LogP contribution in [0.1, 0.15) is 55.1 Å². The summed E-state index contributed by atoms with van der Waals surface area (Å²) in [6.07, 6.45) is 0.536. The first-order valence-corrected chi connectivity index (χ1v) is 10.4. The lowest BCUT2D eigenvalue weighted by atomic mass is 9.86. The van der Waals surface area contributed by atoms with Crippen LogP contribution in [0.15, 0.2) is 58.2 Å². The Morgan fingerprint density at radius 2 is 1.72 bits per heavy atom. The largest absolute Gasteiger partial charge is 0.497 e. The van der Waals surface area contributed by atoms with Gasteiger partial charge in [-0.15, -0.1) is 10.2 Å². The van der Waals surface area contributed by atoms with E-state index in [1.54, 1.807) is 7.11 Å². The Hall–Kier alpha value is -2.60. The van der Waals surface area contributed by atoms with Crippen molar-refractivity contribution in [2.45, 2.75) is 50.0 Å². The molecule has 3 aromatic rings. The number of nitrogens with zero attached hydrogens (tertiary/aromatic N) is 2. The quantitative estimate of drug-likeness (QED) is 0.387.